The van der Waals surface area contributed by atoms with Crippen molar-refractivity contribution >= 4 is 5.82 Å². The van der Waals surface area contributed by atoms with Crippen LogP contribution in [0.25, 0.3) is 0 Å². The quantitative estimate of drug-likeness (QED) is 0.710. The van der Waals surface area contributed by atoms with Gasteiger partial charge in [-0.1, -0.05) is 6.07 Å². The van der Waals surface area contributed by atoms with Crippen molar-refractivity contribution in [1.82, 2.24) is 4.98 Å². The van der Waals surface area contributed by atoms with E-state index in [9.17, 15) is 4.39 Å². The number of nitrogen functional groups attached to an aromatic ring is 1. The molecule has 4 N–H and O–H groups in total. The Morgan fingerprint density at radius 3 is 2.93 bits per heavy atom. The van der Waals surface area contributed by atoms with Gasteiger partial charge in [-0.2, -0.15) is 0 Å². The normalized spacial score (nSPS) is 32.0. The lowest BCUT2D eigenvalue weighted by atomic mass is 9.94. The summed E-state index contributed by atoms with van der Waals surface area (Å²) in [5.74, 6) is 0.282. The van der Waals surface area contributed by atoms with E-state index in [1.165, 1.54) is 0 Å². The Bertz CT molecular complexity index is 342. The van der Waals surface area contributed by atoms with Crippen molar-refractivity contribution in [3.63, 3.8) is 0 Å². The first-order chi connectivity index (χ1) is 6.62. The number of nitrogens with two attached hydrogens (primary N) is 2. The van der Waals surface area contributed by atoms with Crippen LogP contribution in [-0.2, 0) is 5.67 Å². The van der Waals surface area contributed by atoms with Gasteiger partial charge in [-0.3, -0.25) is 0 Å². The van der Waals surface area contributed by atoms with Crippen molar-refractivity contribution < 1.29 is 4.39 Å². The fourth-order valence-corrected chi connectivity index (χ4v) is 2.07. The highest BCUT2D eigenvalue weighted by Crippen LogP contribution is 2.43. The van der Waals surface area contributed by atoms with Crippen LogP contribution in [0.2, 0.25) is 0 Å². The van der Waals surface area contributed by atoms with E-state index in [2.05, 4.69) is 4.98 Å². The highest BCUT2D eigenvalue weighted by Gasteiger charge is 2.40. The van der Waals surface area contributed by atoms with Gasteiger partial charge >= 0.3 is 0 Å². The van der Waals surface area contributed by atoms with Gasteiger partial charge in [-0.15, -0.1) is 0 Å². The Hall–Kier alpha value is -1.16. The molecule has 0 bridgehead atoms. The number of nitrogens with zero attached hydrogens (tertiary/aromatic N) is 1. The molecule has 0 aliphatic heterocycles. The van der Waals surface area contributed by atoms with Crippen LogP contribution in [0.1, 0.15) is 24.8 Å². The van der Waals surface area contributed by atoms with E-state index in [1.54, 1.807) is 18.3 Å². The highest BCUT2D eigenvalue weighted by atomic mass is 19.1. The monoisotopic (exact) mass is 195 g/mol. The van der Waals surface area contributed by atoms with Gasteiger partial charge in [0.1, 0.15) is 11.5 Å². The summed E-state index contributed by atoms with van der Waals surface area (Å²) in [6, 6.07) is 3.34. The summed E-state index contributed by atoms with van der Waals surface area (Å²) in [5.41, 5.74) is 10.5. The fraction of sp³-hybridized carbons (Fsp3) is 0.500. The van der Waals surface area contributed by atoms with Crippen molar-refractivity contribution in [2.45, 2.75) is 31.0 Å². The summed E-state index contributed by atoms with van der Waals surface area (Å²) >= 11 is 0. The molecule has 0 aromatic carbocycles. The molecule has 0 amide bonds. The molecule has 2 unspecified atom stereocenters. The van der Waals surface area contributed by atoms with Gasteiger partial charge in [-0.05, 0) is 18.9 Å². The van der Waals surface area contributed by atoms with Crippen LogP contribution in [0.4, 0.5) is 10.2 Å². The topological polar surface area (TPSA) is 64.9 Å². The Labute approximate surface area is 82.3 Å². The SMILES string of the molecule is Nc1ncccc1C1(F)CCC(N)C1. The average molecular weight is 195 g/mol. The number of rotatable bonds is 1. The van der Waals surface area contributed by atoms with E-state index in [0.29, 0.717) is 24.8 Å². The standard InChI is InChI=1S/C10H14FN3/c11-10(4-3-7(12)6-10)8-2-1-5-14-9(8)13/h1-2,5,7H,3-4,6,12H2,(H2,13,14). The first kappa shape index (κ1) is 9.40. The number of aromatic nitrogens is 1. The smallest absolute Gasteiger partial charge is 0.141 e. The number of hydrogen-bond donors (Lipinski definition) is 2. The maximum absolute atomic E-state index is 14.4. The molecule has 4 heteroatoms. The van der Waals surface area contributed by atoms with Crippen LogP contribution in [0, 0.1) is 0 Å². The van der Waals surface area contributed by atoms with Crippen LogP contribution >= 0.6 is 0 Å². The fourth-order valence-electron chi connectivity index (χ4n) is 2.07. The molecule has 1 saturated carbocycles. The molecule has 1 aliphatic carbocycles. The highest BCUT2D eigenvalue weighted by molar-refractivity contribution is 5.43. The molecule has 1 aliphatic rings. The Morgan fingerprint density at radius 2 is 2.36 bits per heavy atom. The summed E-state index contributed by atoms with van der Waals surface area (Å²) in [5, 5.41) is 0. The number of pyridine rings is 1. The van der Waals surface area contributed by atoms with Gasteiger partial charge in [0.25, 0.3) is 0 Å². The molecule has 2 rings (SSSR count). The largest absolute Gasteiger partial charge is 0.383 e. The van der Waals surface area contributed by atoms with Crippen LogP contribution in [0.5, 0.6) is 0 Å². The van der Waals surface area contributed by atoms with E-state index in [0.717, 1.165) is 0 Å². The first-order valence-corrected chi connectivity index (χ1v) is 4.77. The predicted molar refractivity (Wildman–Crippen MR) is 53.3 cm³/mol. The molecule has 1 heterocycles. The van der Waals surface area contributed by atoms with Crippen molar-refractivity contribution in [3.05, 3.63) is 23.9 Å². The Morgan fingerprint density at radius 1 is 1.57 bits per heavy atom. The van der Waals surface area contributed by atoms with E-state index in [-0.39, 0.29) is 11.9 Å². The molecule has 1 fully saturated rings. The predicted octanol–water partition coefficient (Wildman–Crippen LogP) is 1.34. The molecule has 1 aromatic rings. The van der Waals surface area contributed by atoms with Gasteiger partial charge < -0.3 is 11.5 Å². The second kappa shape index (κ2) is 3.20. The molecule has 1 aromatic heterocycles. The Balaban J connectivity index is 2.35. The molecule has 76 valence electrons. The van der Waals surface area contributed by atoms with Crippen molar-refractivity contribution in [3.8, 4) is 0 Å². The van der Waals surface area contributed by atoms with Crippen LogP contribution < -0.4 is 11.5 Å². The van der Waals surface area contributed by atoms with Gasteiger partial charge in [0.05, 0.1) is 0 Å². The first-order valence-electron chi connectivity index (χ1n) is 4.77. The lowest BCUT2D eigenvalue weighted by Crippen LogP contribution is -2.22. The van der Waals surface area contributed by atoms with Crippen LogP contribution in [0.3, 0.4) is 0 Å². The van der Waals surface area contributed by atoms with Crippen LogP contribution in [-0.4, -0.2) is 11.0 Å². The third kappa shape index (κ3) is 1.46. The van der Waals surface area contributed by atoms with Gasteiger partial charge in [0.2, 0.25) is 0 Å². The summed E-state index contributed by atoms with van der Waals surface area (Å²) in [6.07, 6.45) is 3.08. The maximum Gasteiger partial charge on any atom is 0.141 e. The summed E-state index contributed by atoms with van der Waals surface area (Å²) < 4.78 is 14.4. The lowest BCUT2D eigenvalue weighted by Gasteiger charge is -2.20. The average Bonchev–Trinajstić information content (AvgIpc) is 2.48. The summed E-state index contributed by atoms with van der Waals surface area (Å²) in [6.45, 7) is 0. The zero-order valence-corrected chi connectivity index (χ0v) is 7.91. The second-order valence-corrected chi connectivity index (χ2v) is 3.90. The molecule has 2 atom stereocenters. The minimum absolute atomic E-state index is 0.0559. The van der Waals surface area contributed by atoms with Gasteiger partial charge in [0.15, 0.2) is 0 Å². The molecule has 14 heavy (non-hydrogen) atoms. The van der Waals surface area contributed by atoms with Crippen molar-refractivity contribution in [2.75, 3.05) is 5.73 Å². The van der Waals surface area contributed by atoms with Crippen molar-refractivity contribution in [1.29, 1.82) is 0 Å². The summed E-state index contributed by atoms with van der Waals surface area (Å²) in [4.78, 5) is 3.89. The number of anilines is 1. The van der Waals surface area contributed by atoms with Crippen molar-refractivity contribution in [2.24, 2.45) is 5.73 Å². The molecular weight excluding hydrogens is 181 g/mol. The molecule has 0 radical (unpaired) electrons. The zero-order valence-electron chi connectivity index (χ0n) is 7.91. The van der Waals surface area contributed by atoms with E-state index >= 15 is 0 Å². The van der Waals surface area contributed by atoms with E-state index < -0.39 is 5.67 Å². The molecule has 0 saturated heterocycles. The molecule has 3 nitrogen and oxygen atoms in total. The maximum atomic E-state index is 14.4. The third-order valence-corrected chi connectivity index (χ3v) is 2.82. The lowest BCUT2D eigenvalue weighted by molar-refractivity contribution is 0.173. The van der Waals surface area contributed by atoms with Crippen LogP contribution in [0.15, 0.2) is 18.3 Å². The number of hydrogen-bond acceptors (Lipinski definition) is 3. The Kier molecular flexibility index (Phi) is 2.15. The number of halogens is 1. The summed E-state index contributed by atoms with van der Waals surface area (Å²) in [7, 11) is 0. The number of alkyl halides is 1. The van der Waals surface area contributed by atoms with Gasteiger partial charge in [0, 0.05) is 24.2 Å². The van der Waals surface area contributed by atoms with Gasteiger partial charge in [-0.25, -0.2) is 9.37 Å². The minimum Gasteiger partial charge on any atom is -0.383 e. The molecular formula is C10H14FN3. The van der Waals surface area contributed by atoms with E-state index in [4.69, 9.17) is 11.5 Å². The second-order valence-electron chi connectivity index (χ2n) is 3.90. The molecule has 0 spiro atoms. The minimum atomic E-state index is -1.36. The zero-order chi connectivity index (χ0) is 10.2. The third-order valence-electron chi connectivity index (χ3n) is 2.82. The van der Waals surface area contributed by atoms with E-state index in [1.807, 2.05) is 0 Å².